The molecule has 1 aliphatic heterocycles. The van der Waals surface area contributed by atoms with Crippen molar-refractivity contribution >= 4 is 12.1 Å². The Balaban J connectivity index is 2.64. The minimum absolute atomic E-state index is 0.105. The number of esters is 1. The molecule has 0 spiro atoms. The maximum Gasteiger partial charge on any atom is 0.408 e. The van der Waals surface area contributed by atoms with Crippen molar-refractivity contribution in [3.8, 4) is 0 Å². The zero-order valence-corrected chi connectivity index (χ0v) is 12.6. The van der Waals surface area contributed by atoms with Gasteiger partial charge in [-0.3, -0.25) is 4.79 Å². The summed E-state index contributed by atoms with van der Waals surface area (Å²) < 4.78 is 10.6. The Bertz CT molecular complexity index is 346. The van der Waals surface area contributed by atoms with Gasteiger partial charge in [0.1, 0.15) is 11.7 Å². The van der Waals surface area contributed by atoms with Gasteiger partial charge in [-0.05, 0) is 33.1 Å². The van der Waals surface area contributed by atoms with Crippen LogP contribution in [0.4, 0.5) is 4.79 Å². The van der Waals surface area contributed by atoms with Gasteiger partial charge in [0.05, 0.1) is 12.0 Å². The normalized spacial score (nSPS) is 25.1. The molecule has 0 unspecified atom stereocenters. The molecule has 19 heavy (non-hydrogen) atoms. The average molecular weight is 271 g/mol. The minimum atomic E-state index is -0.536. The van der Waals surface area contributed by atoms with Gasteiger partial charge in [0.25, 0.3) is 0 Å². The van der Waals surface area contributed by atoms with E-state index in [4.69, 9.17) is 9.47 Å². The monoisotopic (exact) mass is 271 g/mol. The number of rotatable bonds is 3. The van der Waals surface area contributed by atoms with Crippen LogP contribution in [0.2, 0.25) is 0 Å². The van der Waals surface area contributed by atoms with E-state index in [0.29, 0.717) is 6.42 Å². The lowest BCUT2D eigenvalue weighted by atomic mass is 9.94. The van der Waals surface area contributed by atoms with Gasteiger partial charge in [-0.2, -0.15) is 0 Å². The van der Waals surface area contributed by atoms with E-state index < -0.39 is 11.7 Å². The molecule has 0 bridgehead atoms. The van der Waals surface area contributed by atoms with Gasteiger partial charge in [-0.25, -0.2) is 4.79 Å². The first-order valence-electron chi connectivity index (χ1n) is 6.80. The van der Waals surface area contributed by atoms with Gasteiger partial charge in [-0.1, -0.05) is 20.8 Å². The third-order valence-corrected chi connectivity index (χ3v) is 3.06. The number of cyclic esters (lactones) is 1. The summed E-state index contributed by atoms with van der Waals surface area (Å²) >= 11 is 0. The van der Waals surface area contributed by atoms with E-state index in [9.17, 15) is 9.59 Å². The number of carbonyl (C=O) groups is 2. The molecule has 5 nitrogen and oxygen atoms in total. The number of ether oxygens (including phenoxy) is 2. The summed E-state index contributed by atoms with van der Waals surface area (Å²) in [6.45, 7) is 11.3. The summed E-state index contributed by atoms with van der Waals surface area (Å²) in [5, 5.41) is 2.82. The Morgan fingerprint density at radius 1 is 1.42 bits per heavy atom. The van der Waals surface area contributed by atoms with E-state index in [1.165, 1.54) is 0 Å². The number of hydrogen-bond donors (Lipinski definition) is 1. The average Bonchev–Trinajstić information content (AvgIpc) is 2.52. The molecule has 1 fully saturated rings. The fraction of sp³-hybridized carbons (Fsp3) is 0.857. The van der Waals surface area contributed by atoms with Crippen LogP contribution in [-0.2, 0) is 14.3 Å². The molecule has 1 saturated heterocycles. The molecule has 1 amide bonds. The molecule has 0 saturated carbocycles. The number of hydrogen-bond acceptors (Lipinski definition) is 4. The topological polar surface area (TPSA) is 64.6 Å². The van der Waals surface area contributed by atoms with Crippen molar-refractivity contribution in [3.63, 3.8) is 0 Å². The highest BCUT2D eigenvalue weighted by molar-refractivity contribution is 5.74. The first kappa shape index (κ1) is 15.8. The molecule has 1 rings (SSSR count). The molecule has 1 N–H and O–H groups in total. The summed E-state index contributed by atoms with van der Waals surface area (Å²) in [6, 6.07) is -0.219. The van der Waals surface area contributed by atoms with Crippen molar-refractivity contribution in [2.24, 2.45) is 11.8 Å². The van der Waals surface area contributed by atoms with Crippen LogP contribution in [0, 0.1) is 11.8 Å². The lowest BCUT2D eigenvalue weighted by Crippen LogP contribution is -2.48. The van der Waals surface area contributed by atoms with Crippen LogP contribution in [0.25, 0.3) is 0 Å². The van der Waals surface area contributed by atoms with Crippen molar-refractivity contribution in [1.29, 1.82) is 0 Å². The quantitative estimate of drug-likeness (QED) is 0.801. The zero-order valence-electron chi connectivity index (χ0n) is 12.6. The minimum Gasteiger partial charge on any atom is -0.460 e. The van der Waals surface area contributed by atoms with Crippen molar-refractivity contribution in [2.45, 2.75) is 65.7 Å². The SMILES string of the molecule is CC(C)[C@H](NC(=O)OC(C)(C)C)[C@H]1C[C@@H](C)C(=O)O1. The molecule has 1 heterocycles. The van der Waals surface area contributed by atoms with E-state index in [1.807, 2.05) is 41.5 Å². The Hall–Kier alpha value is -1.26. The maximum atomic E-state index is 11.8. The highest BCUT2D eigenvalue weighted by atomic mass is 16.6. The van der Waals surface area contributed by atoms with Crippen LogP contribution in [0.3, 0.4) is 0 Å². The fourth-order valence-electron chi connectivity index (χ4n) is 2.11. The van der Waals surface area contributed by atoms with Crippen LogP contribution in [0.5, 0.6) is 0 Å². The molecule has 0 radical (unpaired) electrons. The predicted molar refractivity (Wildman–Crippen MR) is 71.7 cm³/mol. The molecule has 0 aromatic rings. The summed E-state index contributed by atoms with van der Waals surface area (Å²) in [5.74, 6) is -0.135. The Kier molecular flexibility index (Phi) is 4.82. The smallest absolute Gasteiger partial charge is 0.408 e. The lowest BCUT2D eigenvalue weighted by molar-refractivity contribution is -0.145. The summed E-state index contributed by atoms with van der Waals surface area (Å²) in [6.07, 6.45) is -0.103. The van der Waals surface area contributed by atoms with Gasteiger partial charge >= 0.3 is 12.1 Å². The van der Waals surface area contributed by atoms with Crippen LogP contribution in [0.1, 0.15) is 48.0 Å². The lowest BCUT2D eigenvalue weighted by Gasteiger charge is -2.28. The second-order valence-corrected chi connectivity index (χ2v) is 6.53. The van der Waals surface area contributed by atoms with Crippen molar-refractivity contribution < 1.29 is 19.1 Å². The van der Waals surface area contributed by atoms with E-state index in [0.717, 1.165) is 0 Å². The molecular formula is C14H25NO4. The number of nitrogens with one attached hydrogen (secondary N) is 1. The van der Waals surface area contributed by atoms with E-state index in [2.05, 4.69) is 5.32 Å². The van der Waals surface area contributed by atoms with Gasteiger partial charge in [0, 0.05) is 0 Å². The first-order valence-corrected chi connectivity index (χ1v) is 6.80. The van der Waals surface area contributed by atoms with Crippen LogP contribution in [0.15, 0.2) is 0 Å². The van der Waals surface area contributed by atoms with Crippen molar-refractivity contribution in [1.82, 2.24) is 5.32 Å². The molecule has 0 aromatic heterocycles. The van der Waals surface area contributed by atoms with Crippen LogP contribution < -0.4 is 5.32 Å². The van der Waals surface area contributed by atoms with E-state index >= 15 is 0 Å². The van der Waals surface area contributed by atoms with Gasteiger partial charge in [0.15, 0.2) is 0 Å². The molecule has 0 aromatic carbocycles. The van der Waals surface area contributed by atoms with Gasteiger partial charge < -0.3 is 14.8 Å². The molecular weight excluding hydrogens is 246 g/mol. The first-order chi connectivity index (χ1) is 8.60. The van der Waals surface area contributed by atoms with Crippen LogP contribution >= 0.6 is 0 Å². The molecule has 1 aliphatic rings. The summed E-state index contributed by atoms with van der Waals surface area (Å²) in [7, 11) is 0. The molecule has 3 atom stereocenters. The third-order valence-electron chi connectivity index (χ3n) is 3.06. The maximum absolute atomic E-state index is 11.8. The third kappa shape index (κ3) is 4.73. The van der Waals surface area contributed by atoms with Crippen molar-refractivity contribution in [2.75, 3.05) is 0 Å². The largest absolute Gasteiger partial charge is 0.460 e. The fourth-order valence-corrected chi connectivity index (χ4v) is 2.11. The number of carbonyl (C=O) groups excluding carboxylic acids is 2. The van der Waals surface area contributed by atoms with Gasteiger partial charge in [0.2, 0.25) is 0 Å². The van der Waals surface area contributed by atoms with Crippen LogP contribution in [-0.4, -0.2) is 29.8 Å². The highest BCUT2D eigenvalue weighted by Gasteiger charge is 2.38. The zero-order chi connectivity index (χ0) is 14.8. The molecule has 5 heteroatoms. The van der Waals surface area contributed by atoms with E-state index in [-0.39, 0.29) is 30.0 Å². The predicted octanol–water partition coefficient (Wildman–Crippen LogP) is 2.49. The van der Waals surface area contributed by atoms with Gasteiger partial charge in [-0.15, -0.1) is 0 Å². The summed E-state index contributed by atoms with van der Waals surface area (Å²) in [4.78, 5) is 23.3. The van der Waals surface area contributed by atoms with Crippen molar-refractivity contribution in [3.05, 3.63) is 0 Å². The highest BCUT2D eigenvalue weighted by Crippen LogP contribution is 2.26. The number of amides is 1. The second-order valence-electron chi connectivity index (χ2n) is 6.53. The Morgan fingerprint density at radius 3 is 2.37 bits per heavy atom. The standard InChI is InChI=1S/C14H25NO4/c1-8(2)11(10-7-9(3)12(16)18-10)15-13(17)19-14(4,5)6/h8-11H,7H2,1-6H3,(H,15,17)/t9-,10-,11+/m1/s1. The second kappa shape index (κ2) is 5.80. The molecule has 0 aliphatic carbocycles. The van der Waals surface area contributed by atoms with E-state index in [1.54, 1.807) is 0 Å². The number of alkyl carbamates (subject to hydrolysis) is 1. The molecule has 110 valence electrons. The Morgan fingerprint density at radius 2 is 2.00 bits per heavy atom. The Labute approximate surface area is 115 Å². The summed E-state index contributed by atoms with van der Waals surface area (Å²) in [5.41, 5.74) is -0.536.